The molecule has 1 heterocycles. The van der Waals surface area contributed by atoms with E-state index in [4.69, 9.17) is 0 Å². The monoisotopic (exact) mass is 377 g/mol. The lowest BCUT2D eigenvalue weighted by atomic mass is 10.1. The molecule has 3 aromatic rings. The molecule has 0 fully saturated rings. The molecule has 0 radical (unpaired) electrons. The quantitative estimate of drug-likeness (QED) is 0.623. The summed E-state index contributed by atoms with van der Waals surface area (Å²) in [7, 11) is -3.58. The molecular weight excluding hydrogens is 362 g/mol. The Kier molecular flexibility index (Phi) is 3.87. The largest absolute Gasteiger partial charge is 0.268 e. The van der Waals surface area contributed by atoms with Crippen molar-refractivity contribution in [1.29, 1.82) is 0 Å². The van der Waals surface area contributed by atoms with Crippen LogP contribution in [0.3, 0.4) is 0 Å². The van der Waals surface area contributed by atoms with Crippen molar-refractivity contribution in [1.82, 2.24) is 3.97 Å². The number of hydrogen-bond acceptors (Lipinski definition) is 2. The smallest absolute Gasteiger partial charge is 0.241 e. The summed E-state index contributed by atoms with van der Waals surface area (Å²) in [5.41, 5.74) is 2.81. The topological polar surface area (TPSA) is 39.1 Å². The summed E-state index contributed by atoms with van der Waals surface area (Å²) >= 11 is 3.56. The molecule has 0 unspecified atom stereocenters. The summed E-state index contributed by atoms with van der Waals surface area (Å²) in [4.78, 5) is 0.460. The molecule has 0 aliphatic heterocycles. The number of halogens is 1. The van der Waals surface area contributed by atoms with Crippen LogP contribution in [0.5, 0.6) is 0 Å². The maximum atomic E-state index is 12.9. The van der Waals surface area contributed by atoms with Crippen molar-refractivity contribution >= 4 is 36.9 Å². The molecule has 0 aliphatic carbocycles. The highest BCUT2D eigenvalue weighted by Crippen LogP contribution is 2.31. The van der Waals surface area contributed by atoms with E-state index in [1.165, 1.54) is 3.97 Å². The van der Waals surface area contributed by atoms with E-state index in [0.717, 1.165) is 16.5 Å². The maximum absolute atomic E-state index is 12.9. The van der Waals surface area contributed by atoms with Crippen LogP contribution in [0.2, 0.25) is 0 Å². The summed E-state index contributed by atoms with van der Waals surface area (Å²) in [6, 6.07) is 14.5. The zero-order chi connectivity index (χ0) is 15.9. The number of aromatic nitrogens is 1. The first-order chi connectivity index (χ1) is 10.4. The molecule has 22 heavy (non-hydrogen) atoms. The molecular formula is C17H16BrNO2S. The van der Waals surface area contributed by atoms with Crippen LogP contribution >= 0.6 is 15.9 Å². The van der Waals surface area contributed by atoms with Gasteiger partial charge < -0.3 is 0 Å². The van der Waals surface area contributed by atoms with E-state index in [2.05, 4.69) is 15.9 Å². The molecule has 0 bridgehead atoms. The van der Waals surface area contributed by atoms with Crippen molar-refractivity contribution in [3.8, 4) is 0 Å². The van der Waals surface area contributed by atoms with Crippen LogP contribution in [0.4, 0.5) is 0 Å². The van der Waals surface area contributed by atoms with Gasteiger partial charge in [0.1, 0.15) is 0 Å². The number of alkyl halides is 1. The lowest BCUT2D eigenvalue weighted by Crippen LogP contribution is -2.11. The molecule has 3 rings (SSSR count). The minimum Gasteiger partial charge on any atom is -0.241 e. The van der Waals surface area contributed by atoms with Crippen molar-refractivity contribution in [2.45, 2.75) is 23.6 Å². The van der Waals surface area contributed by atoms with Crippen LogP contribution in [-0.2, 0) is 10.0 Å². The van der Waals surface area contributed by atoms with E-state index < -0.39 is 10.0 Å². The molecule has 114 valence electrons. The Balaban J connectivity index is 2.22. The Morgan fingerprint density at radius 3 is 2.36 bits per heavy atom. The number of nitrogens with zero attached hydrogens (tertiary/aromatic N) is 1. The normalized spacial score (nSPS) is 13.4. The zero-order valence-electron chi connectivity index (χ0n) is 12.3. The Morgan fingerprint density at radius 1 is 1.05 bits per heavy atom. The van der Waals surface area contributed by atoms with Crippen molar-refractivity contribution < 1.29 is 8.42 Å². The van der Waals surface area contributed by atoms with Gasteiger partial charge in [0.15, 0.2) is 0 Å². The molecule has 0 saturated heterocycles. The molecule has 1 aromatic heterocycles. The highest BCUT2D eigenvalue weighted by Gasteiger charge is 2.20. The van der Waals surface area contributed by atoms with Gasteiger partial charge >= 0.3 is 0 Å². The van der Waals surface area contributed by atoms with E-state index in [-0.39, 0.29) is 4.83 Å². The van der Waals surface area contributed by atoms with Gasteiger partial charge in [-0.1, -0.05) is 45.8 Å². The maximum Gasteiger partial charge on any atom is 0.268 e. The molecule has 2 aromatic carbocycles. The lowest BCUT2D eigenvalue weighted by Gasteiger charge is -2.10. The Bertz CT molecular complexity index is 925. The molecule has 1 atom stereocenters. The van der Waals surface area contributed by atoms with E-state index in [9.17, 15) is 8.42 Å². The van der Waals surface area contributed by atoms with Gasteiger partial charge in [0, 0.05) is 16.4 Å². The summed E-state index contributed by atoms with van der Waals surface area (Å²) < 4.78 is 27.1. The van der Waals surface area contributed by atoms with Gasteiger partial charge in [0.2, 0.25) is 0 Å². The molecule has 3 nitrogen and oxygen atoms in total. The standard InChI is InChI=1S/C17H16BrNO2S/c1-12-6-8-14(9-7-12)22(20,21)19-11-10-16-15(13(2)18)4-3-5-17(16)19/h3-11,13H,1-2H3/t13-/m1/s1. The van der Waals surface area contributed by atoms with Crippen molar-refractivity contribution in [2.24, 2.45) is 0 Å². The highest BCUT2D eigenvalue weighted by molar-refractivity contribution is 9.09. The highest BCUT2D eigenvalue weighted by atomic mass is 79.9. The SMILES string of the molecule is Cc1ccc(S(=O)(=O)n2ccc3c([C@@H](C)Br)cccc32)cc1. The fourth-order valence-corrected chi connectivity index (χ4v) is 4.29. The molecule has 0 N–H and O–H groups in total. The van der Waals surface area contributed by atoms with Crippen LogP contribution in [-0.4, -0.2) is 12.4 Å². The van der Waals surface area contributed by atoms with Crippen LogP contribution in [0.25, 0.3) is 10.9 Å². The van der Waals surface area contributed by atoms with Crippen LogP contribution < -0.4 is 0 Å². The third-order valence-corrected chi connectivity index (χ3v) is 5.93. The number of aryl methyl sites for hydroxylation is 1. The third-order valence-electron chi connectivity index (χ3n) is 3.74. The van der Waals surface area contributed by atoms with Gasteiger partial charge in [-0.15, -0.1) is 0 Å². The average molecular weight is 378 g/mol. The molecule has 0 saturated carbocycles. The van der Waals surface area contributed by atoms with E-state index in [1.54, 1.807) is 18.3 Å². The van der Waals surface area contributed by atoms with Crippen molar-refractivity contribution in [3.63, 3.8) is 0 Å². The van der Waals surface area contributed by atoms with E-state index in [0.29, 0.717) is 10.4 Å². The van der Waals surface area contributed by atoms with Gasteiger partial charge in [0.05, 0.1) is 10.4 Å². The first-order valence-corrected chi connectivity index (χ1v) is 9.33. The summed E-state index contributed by atoms with van der Waals surface area (Å²) in [6.45, 7) is 3.96. The van der Waals surface area contributed by atoms with Crippen LogP contribution in [0.1, 0.15) is 22.9 Å². The third kappa shape index (κ3) is 2.48. The molecule has 0 amide bonds. The number of fused-ring (bicyclic) bond motifs is 1. The summed E-state index contributed by atoms with van der Waals surface area (Å²) in [5.74, 6) is 0. The predicted octanol–water partition coefficient (Wildman–Crippen LogP) is 4.64. The zero-order valence-corrected chi connectivity index (χ0v) is 14.7. The van der Waals surface area contributed by atoms with Gasteiger partial charge in [-0.25, -0.2) is 12.4 Å². The van der Waals surface area contributed by atoms with Gasteiger partial charge in [-0.3, -0.25) is 0 Å². The van der Waals surface area contributed by atoms with Crippen molar-refractivity contribution in [3.05, 3.63) is 65.9 Å². The summed E-state index contributed by atoms with van der Waals surface area (Å²) in [6.07, 6.45) is 1.62. The molecule has 0 aliphatic rings. The first kappa shape index (κ1) is 15.3. The Morgan fingerprint density at radius 2 is 1.73 bits per heavy atom. The first-order valence-electron chi connectivity index (χ1n) is 6.97. The summed E-state index contributed by atoms with van der Waals surface area (Å²) in [5, 5.41) is 0.947. The Hall–Kier alpha value is -1.59. The molecule has 5 heteroatoms. The predicted molar refractivity (Wildman–Crippen MR) is 93.0 cm³/mol. The number of hydrogen-bond donors (Lipinski definition) is 0. The van der Waals surface area contributed by atoms with E-state index in [1.807, 2.05) is 50.2 Å². The second-order valence-electron chi connectivity index (χ2n) is 5.33. The van der Waals surface area contributed by atoms with Gasteiger partial charge in [0.25, 0.3) is 10.0 Å². The second-order valence-corrected chi connectivity index (χ2v) is 8.51. The van der Waals surface area contributed by atoms with Crippen molar-refractivity contribution in [2.75, 3.05) is 0 Å². The van der Waals surface area contributed by atoms with Gasteiger partial charge in [-0.2, -0.15) is 0 Å². The number of rotatable bonds is 3. The average Bonchev–Trinajstić information content (AvgIpc) is 2.92. The minimum absolute atomic E-state index is 0.161. The van der Waals surface area contributed by atoms with E-state index >= 15 is 0 Å². The van der Waals surface area contributed by atoms with Gasteiger partial charge in [-0.05, 0) is 43.7 Å². The molecule has 0 spiro atoms. The van der Waals surface area contributed by atoms with Crippen LogP contribution in [0, 0.1) is 6.92 Å². The number of benzene rings is 2. The Labute approximate surface area is 138 Å². The fourth-order valence-electron chi connectivity index (χ4n) is 2.55. The van der Waals surface area contributed by atoms with Crippen LogP contribution in [0.15, 0.2) is 59.6 Å². The minimum atomic E-state index is -3.58. The fraction of sp³-hybridized carbons (Fsp3) is 0.176. The lowest BCUT2D eigenvalue weighted by molar-refractivity contribution is 0.589. The second kappa shape index (κ2) is 5.56.